The van der Waals surface area contributed by atoms with E-state index in [1.165, 1.54) is 6.08 Å². The zero-order chi connectivity index (χ0) is 9.23. The minimum atomic E-state index is 1.06. The first-order chi connectivity index (χ1) is 5.93. The van der Waals surface area contributed by atoms with E-state index in [1.54, 1.807) is 6.08 Å². The molecule has 0 saturated heterocycles. The quantitative estimate of drug-likeness (QED) is 0.577. The average Bonchev–Trinajstić information content (AvgIpc) is 2.19. The molecule has 0 aromatic heterocycles. The number of nitriles is 1. The molecule has 0 amide bonds. The van der Waals surface area contributed by atoms with Crippen LogP contribution in [-0.2, 0) is 0 Å². The van der Waals surface area contributed by atoms with Crippen LogP contribution in [0.3, 0.4) is 0 Å². The van der Waals surface area contributed by atoms with Gasteiger partial charge in [0.05, 0.1) is 6.07 Å². The van der Waals surface area contributed by atoms with Gasteiger partial charge in [0.1, 0.15) is 0 Å². The Balaban J connectivity index is 0.000000561. The van der Waals surface area contributed by atoms with Crippen molar-refractivity contribution >= 4 is 6.08 Å². The Morgan fingerprint density at radius 1 is 1.17 bits per heavy atom. The van der Waals surface area contributed by atoms with Crippen LogP contribution in [0, 0.1) is 11.3 Å². The molecule has 12 heavy (non-hydrogen) atoms. The Bertz CT molecular complexity index is 254. The highest BCUT2D eigenvalue weighted by molar-refractivity contribution is 5.51. The SMILES string of the molecule is CC.N#C/C=C/c1ccccc1. The van der Waals surface area contributed by atoms with E-state index in [4.69, 9.17) is 5.26 Å². The minimum Gasteiger partial charge on any atom is -0.193 e. The number of benzene rings is 1. The molecule has 0 heterocycles. The van der Waals surface area contributed by atoms with Gasteiger partial charge >= 0.3 is 0 Å². The molecule has 0 aliphatic heterocycles. The molecule has 0 fully saturated rings. The van der Waals surface area contributed by atoms with E-state index in [0.717, 1.165) is 5.56 Å². The lowest BCUT2D eigenvalue weighted by Crippen LogP contribution is -1.65. The summed E-state index contributed by atoms with van der Waals surface area (Å²) in [7, 11) is 0. The molecule has 0 unspecified atom stereocenters. The van der Waals surface area contributed by atoms with E-state index in [-0.39, 0.29) is 0 Å². The van der Waals surface area contributed by atoms with E-state index >= 15 is 0 Å². The predicted octanol–water partition coefficient (Wildman–Crippen LogP) is 3.25. The highest BCUT2D eigenvalue weighted by Crippen LogP contribution is 1.99. The second-order valence-electron chi connectivity index (χ2n) is 1.87. The van der Waals surface area contributed by atoms with Gasteiger partial charge in [0.2, 0.25) is 0 Å². The molecule has 0 saturated carbocycles. The molecule has 1 rings (SSSR count). The molecule has 0 aliphatic carbocycles. The molecule has 0 bridgehead atoms. The molecule has 0 aliphatic rings. The average molecular weight is 159 g/mol. The minimum absolute atomic E-state index is 1.06. The highest BCUT2D eigenvalue weighted by Gasteiger charge is 1.79. The molecule has 0 radical (unpaired) electrons. The first-order valence-corrected chi connectivity index (χ1v) is 4.04. The van der Waals surface area contributed by atoms with Crippen LogP contribution in [-0.4, -0.2) is 0 Å². The monoisotopic (exact) mass is 159 g/mol. The van der Waals surface area contributed by atoms with Gasteiger partial charge in [0.25, 0.3) is 0 Å². The predicted molar refractivity (Wildman–Crippen MR) is 52.4 cm³/mol. The van der Waals surface area contributed by atoms with Crippen LogP contribution >= 0.6 is 0 Å². The van der Waals surface area contributed by atoms with Gasteiger partial charge < -0.3 is 0 Å². The van der Waals surface area contributed by atoms with Gasteiger partial charge in [0.15, 0.2) is 0 Å². The summed E-state index contributed by atoms with van der Waals surface area (Å²) in [6, 6.07) is 11.7. The zero-order valence-corrected chi connectivity index (χ0v) is 7.49. The van der Waals surface area contributed by atoms with Gasteiger partial charge in [-0.05, 0) is 11.6 Å². The van der Waals surface area contributed by atoms with Crippen molar-refractivity contribution in [1.29, 1.82) is 5.26 Å². The number of hydrogen-bond donors (Lipinski definition) is 0. The second kappa shape index (κ2) is 7.56. The fraction of sp³-hybridized carbons (Fsp3) is 0.182. The topological polar surface area (TPSA) is 23.8 Å². The molecular formula is C11H13N. The van der Waals surface area contributed by atoms with Gasteiger partial charge in [-0.25, -0.2) is 0 Å². The summed E-state index contributed by atoms with van der Waals surface area (Å²) in [6.07, 6.45) is 3.25. The summed E-state index contributed by atoms with van der Waals surface area (Å²) in [5.74, 6) is 0. The van der Waals surface area contributed by atoms with Crippen molar-refractivity contribution in [3.05, 3.63) is 42.0 Å². The van der Waals surface area contributed by atoms with Crippen LogP contribution in [0.2, 0.25) is 0 Å². The lowest BCUT2D eigenvalue weighted by atomic mass is 10.2. The van der Waals surface area contributed by atoms with Gasteiger partial charge in [-0.1, -0.05) is 44.2 Å². The van der Waals surface area contributed by atoms with Gasteiger partial charge in [-0.15, -0.1) is 0 Å². The number of nitrogens with zero attached hydrogens (tertiary/aromatic N) is 1. The Kier molecular flexibility index (Phi) is 6.58. The van der Waals surface area contributed by atoms with Crippen LogP contribution in [0.5, 0.6) is 0 Å². The Morgan fingerprint density at radius 3 is 2.25 bits per heavy atom. The van der Waals surface area contributed by atoms with E-state index < -0.39 is 0 Å². The van der Waals surface area contributed by atoms with Gasteiger partial charge in [-0.2, -0.15) is 5.26 Å². The standard InChI is InChI=1S/C9H7N.C2H6/c10-8-4-7-9-5-2-1-3-6-9;1-2/h1-7H;1-2H3/b7-4+;. The molecule has 1 heteroatoms. The van der Waals surface area contributed by atoms with Crippen molar-refractivity contribution < 1.29 is 0 Å². The largest absolute Gasteiger partial charge is 0.193 e. The number of allylic oxidation sites excluding steroid dienone is 1. The first-order valence-electron chi connectivity index (χ1n) is 4.04. The smallest absolute Gasteiger partial charge is 0.0912 e. The molecule has 62 valence electrons. The van der Waals surface area contributed by atoms with Gasteiger partial charge in [0, 0.05) is 6.08 Å². The van der Waals surface area contributed by atoms with Crippen molar-refractivity contribution in [2.75, 3.05) is 0 Å². The molecule has 0 spiro atoms. The summed E-state index contributed by atoms with van der Waals surface area (Å²) in [4.78, 5) is 0. The summed E-state index contributed by atoms with van der Waals surface area (Å²) in [5.41, 5.74) is 1.06. The number of rotatable bonds is 1. The van der Waals surface area contributed by atoms with Crippen molar-refractivity contribution in [2.45, 2.75) is 13.8 Å². The lowest BCUT2D eigenvalue weighted by molar-refractivity contribution is 1.50. The maximum Gasteiger partial charge on any atom is 0.0912 e. The van der Waals surface area contributed by atoms with Gasteiger partial charge in [-0.3, -0.25) is 0 Å². The maximum atomic E-state index is 8.19. The second-order valence-corrected chi connectivity index (χ2v) is 1.87. The van der Waals surface area contributed by atoms with Crippen LogP contribution in [0.25, 0.3) is 6.08 Å². The molecule has 1 nitrogen and oxygen atoms in total. The van der Waals surface area contributed by atoms with Crippen molar-refractivity contribution in [3.63, 3.8) is 0 Å². The first kappa shape index (κ1) is 10.4. The van der Waals surface area contributed by atoms with E-state index in [1.807, 2.05) is 50.2 Å². The lowest BCUT2D eigenvalue weighted by Gasteiger charge is -1.86. The van der Waals surface area contributed by atoms with E-state index in [2.05, 4.69) is 0 Å². The van der Waals surface area contributed by atoms with Crippen molar-refractivity contribution in [3.8, 4) is 6.07 Å². The highest BCUT2D eigenvalue weighted by atomic mass is 14.2. The van der Waals surface area contributed by atoms with Crippen LogP contribution in [0.15, 0.2) is 36.4 Å². The Labute approximate surface area is 74.0 Å². The fourth-order valence-corrected chi connectivity index (χ4v) is 0.698. The molecule has 1 aromatic carbocycles. The molecule has 0 N–H and O–H groups in total. The van der Waals surface area contributed by atoms with Crippen LogP contribution in [0.4, 0.5) is 0 Å². The van der Waals surface area contributed by atoms with Crippen molar-refractivity contribution in [2.24, 2.45) is 0 Å². The number of hydrogen-bond acceptors (Lipinski definition) is 1. The normalized spacial score (nSPS) is 8.42. The van der Waals surface area contributed by atoms with E-state index in [0.29, 0.717) is 0 Å². The zero-order valence-electron chi connectivity index (χ0n) is 7.49. The molecular weight excluding hydrogens is 146 g/mol. The third-order valence-electron chi connectivity index (χ3n) is 1.15. The summed E-state index contributed by atoms with van der Waals surface area (Å²) < 4.78 is 0. The van der Waals surface area contributed by atoms with Crippen LogP contribution in [0.1, 0.15) is 19.4 Å². The van der Waals surface area contributed by atoms with Crippen molar-refractivity contribution in [1.82, 2.24) is 0 Å². The Morgan fingerprint density at radius 2 is 1.75 bits per heavy atom. The third kappa shape index (κ3) is 4.29. The summed E-state index contributed by atoms with van der Waals surface area (Å²) in [5, 5.41) is 8.19. The maximum absolute atomic E-state index is 8.19. The Hall–Kier alpha value is -1.55. The fourth-order valence-electron chi connectivity index (χ4n) is 0.698. The van der Waals surface area contributed by atoms with Crippen LogP contribution < -0.4 is 0 Å². The summed E-state index contributed by atoms with van der Waals surface area (Å²) >= 11 is 0. The molecule has 0 atom stereocenters. The van der Waals surface area contributed by atoms with E-state index in [9.17, 15) is 0 Å². The molecule has 1 aromatic rings. The summed E-state index contributed by atoms with van der Waals surface area (Å²) in [6.45, 7) is 4.00. The third-order valence-corrected chi connectivity index (χ3v) is 1.15.